The summed E-state index contributed by atoms with van der Waals surface area (Å²) in [5, 5.41) is 0. The molecule has 2 nitrogen and oxygen atoms in total. The maximum Gasteiger partial charge on any atom is 0.316 e. The lowest BCUT2D eigenvalue weighted by molar-refractivity contribution is 0.244. The van der Waals surface area contributed by atoms with Gasteiger partial charge in [-0.05, 0) is 24.3 Å². The number of halogens is 2. The van der Waals surface area contributed by atoms with Crippen LogP contribution in [0.3, 0.4) is 0 Å². The Bertz CT molecular complexity index is 286. The summed E-state index contributed by atoms with van der Waals surface area (Å²) >= 11 is 0. The van der Waals surface area contributed by atoms with Gasteiger partial charge in [-0.1, -0.05) is 0 Å². The number of benzene rings is 1. The molecule has 0 bridgehead atoms. The predicted octanol–water partition coefficient (Wildman–Crippen LogP) is 1.60. The first-order valence-corrected chi connectivity index (χ1v) is 4.37. The molecule has 0 unspecified atom stereocenters. The highest BCUT2D eigenvalue weighted by molar-refractivity contribution is 7.85. The van der Waals surface area contributed by atoms with Crippen molar-refractivity contribution < 1.29 is 13.0 Å². The molecule has 0 radical (unpaired) electrons. The normalized spacial score (nSPS) is 13.2. The lowest BCUT2D eigenvalue weighted by Crippen LogP contribution is -2.02. The van der Waals surface area contributed by atoms with Gasteiger partial charge in [-0.15, -0.1) is 0 Å². The number of nitrogens with two attached hydrogens (primary N) is 1. The molecule has 1 rings (SSSR count). The van der Waals surface area contributed by atoms with Gasteiger partial charge in [-0.25, -0.2) is 4.21 Å². The van der Waals surface area contributed by atoms with Gasteiger partial charge >= 0.3 is 5.76 Å². The van der Waals surface area contributed by atoms with Crippen LogP contribution in [0.4, 0.5) is 14.5 Å². The second-order valence-corrected chi connectivity index (χ2v) is 3.55. The molecule has 0 aliphatic heterocycles. The smallest absolute Gasteiger partial charge is 0.316 e. The molecule has 0 amide bonds. The zero-order chi connectivity index (χ0) is 9.14. The van der Waals surface area contributed by atoms with Crippen LogP contribution in [0.25, 0.3) is 0 Å². The van der Waals surface area contributed by atoms with Crippen LogP contribution in [0.2, 0.25) is 0 Å². The van der Waals surface area contributed by atoms with Gasteiger partial charge in [0.1, 0.15) is 10.8 Å². The molecule has 5 heteroatoms. The highest BCUT2D eigenvalue weighted by Crippen LogP contribution is 2.14. The summed E-state index contributed by atoms with van der Waals surface area (Å²) in [6, 6.07) is 5.54. The number of hydrogen-bond donors (Lipinski definition) is 1. The van der Waals surface area contributed by atoms with Gasteiger partial charge in [0, 0.05) is 10.6 Å². The Balaban J connectivity index is 2.90. The third-order valence-electron chi connectivity index (χ3n) is 1.27. The van der Waals surface area contributed by atoms with Gasteiger partial charge in [-0.2, -0.15) is 8.78 Å². The zero-order valence-corrected chi connectivity index (χ0v) is 6.85. The first kappa shape index (κ1) is 9.12. The minimum atomic E-state index is -2.84. The molecule has 0 aliphatic carbocycles. The Morgan fingerprint density at radius 1 is 1.25 bits per heavy atom. The summed E-state index contributed by atoms with van der Waals surface area (Å²) in [6.45, 7) is 0. The number of hydrogen-bond acceptors (Lipinski definition) is 2. The Morgan fingerprint density at radius 3 is 2.17 bits per heavy atom. The third-order valence-corrected chi connectivity index (χ3v) is 2.33. The second kappa shape index (κ2) is 3.62. The van der Waals surface area contributed by atoms with E-state index in [1.54, 1.807) is 0 Å². The van der Waals surface area contributed by atoms with E-state index in [1.807, 2.05) is 0 Å². The van der Waals surface area contributed by atoms with Crippen molar-refractivity contribution in [3.05, 3.63) is 24.3 Å². The van der Waals surface area contributed by atoms with E-state index in [0.717, 1.165) is 0 Å². The number of alkyl halides is 2. The number of nitrogen functional groups attached to an aromatic ring is 1. The molecule has 1 atom stereocenters. The summed E-state index contributed by atoms with van der Waals surface area (Å²) in [4.78, 5) is 0.0965. The lowest BCUT2D eigenvalue weighted by atomic mass is 10.3. The molecule has 66 valence electrons. The molecular weight excluding hydrogens is 184 g/mol. The average Bonchev–Trinajstić information content (AvgIpc) is 2.04. The van der Waals surface area contributed by atoms with E-state index in [4.69, 9.17) is 5.73 Å². The quantitative estimate of drug-likeness (QED) is 0.721. The standard InChI is InChI=1S/C7H7F2NOS/c8-7(9)12(11)6-3-1-5(10)2-4-6/h1-4,7H,10H2/t12-/m0/s1. The molecule has 0 aliphatic rings. The van der Waals surface area contributed by atoms with Crippen LogP contribution >= 0.6 is 0 Å². The van der Waals surface area contributed by atoms with Crippen molar-refractivity contribution in [2.75, 3.05) is 5.73 Å². The van der Waals surface area contributed by atoms with Crippen molar-refractivity contribution >= 4 is 16.5 Å². The van der Waals surface area contributed by atoms with Crippen molar-refractivity contribution in [1.82, 2.24) is 0 Å². The third kappa shape index (κ3) is 2.01. The summed E-state index contributed by atoms with van der Waals surface area (Å²) < 4.78 is 34.5. The van der Waals surface area contributed by atoms with Gasteiger partial charge in [0.2, 0.25) is 0 Å². The minimum absolute atomic E-state index is 0.0965. The summed E-state index contributed by atoms with van der Waals surface area (Å²) in [5.41, 5.74) is 5.78. The number of rotatable bonds is 2. The molecule has 0 saturated carbocycles. The van der Waals surface area contributed by atoms with Crippen LogP contribution in [0, 0.1) is 0 Å². The SMILES string of the molecule is Nc1ccc([S@](=O)C(F)F)cc1. The monoisotopic (exact) mass is 191 g/mol. The Labute approximate surface area is 70.8 Å². The second-order valence-electron chi connectivity index (χ2n) is 2.13. The van der Waals surface area contributed by atoms with Crippen LogP contribution < -0.4 is 5.73 Å². The predicted molar refractivity (Wildman–Crippen MR) is 43.3 cm³/mol. The fraction of sp³-hybridized carbons (Fsp3) is 0.143. The fourth-order valence-corrected chi connectivity index (χ4v) is 1.31. The van der Waals surface area contributed by atoms with Gasteiger partial charge in [0.15, 0.2) is 0 Å². The van der Waals surface area contributed by atoms with E-state index in [1.165, 1.54) is 24.3 Å². The first-order chi connectivity index (χ1) is 5.61. The van der Waals surface area contributed by atoms with Crippen LogP contribution in [0.1, 0.15) is 0 Å². The maximum atomic E-state index is 11.9. The van der Waals surface area contributed by atoms with E-state index >= 15 is 0 Å². The van der Waals surface area contributed by atoms with Gasteiger partial charge < -0.3 is 5.73 Å². The molecule has 0 heterocycles. The molecule has 0 saturated heterocycles. The highest BCUT2D eigenvalue weighted by atomic mass is 32.2. The molecular formula is C7H7F2NOS. The van der Waals surface area contributed by atoms with Gasteiger partial charge in [-0.3, -0.25) is 0 Å². The summed E-state index contributed by atoms with van der Waals surface area (Å²) in [5.74, 6) is -2.84. The summed E-state index contributed by atoms with van der Waals surface area (Å²) in [6.07, 6.45) is 0. The molecule has 12 heavy (non-hydrogen) atoms. The van der Waals surface area contributed by atoms with Crippen molar-refractivity contribution in [2.45, 2.75) is 10.7 Å². The molecule has 1 aromatic carbocycles. The molecule has 1 aromatic rings. The van der Waals surface area contributed by atoms with Crippen molar-refractivity contribution in [3.8, 4) is 0 Å². The summed E-state index contributed by atoms with van der Waals surface area (Å²) in [7, 11) is -2.23. The minimum Gasteiger partial charge on any atom is -0.399 e. The van der Waals surface area contributed by atoms with E-state index < -0.39 is 16.6 Å². The van der Waals surface area contributed by atoms with Crippen LogP contribution in [0.5, 0.6) is 0 Å². The Kier molecular flexibility index (Phi) is 2.75. The average molecular weight is 191 g/mol. The van der Waals surface area contributed by atoms with Crippen molar-refractivity contribution in [2.24, 2.45) is 0 Å². The molecule has 0 spiro atoms. The van der Waals surface area contributed by atoms with Crippen molar-refractivity contribution in [3.63, 3.8) is 0 Å². The zero-order valence-electron chi connectivity index (χ0n) is 6.04. The van der Waals surface area contributed by atoms with Crippen LogP contribution in [-0.4, -0.2) is 9.97 Å². The topological polar surface area (TPSA) is 43.1 Å². The van der Waals surface area contributed by atoms with E-state index in [-0.39, 0.29) is 4.90 Å². The Morgan fingerprint density at radius 2 is 1.75 bits per heavy atom. The van der Waals surface area contributed by atoms with E-state index in [2.05, 4.69) is 0 Å². The lowest BCUT2D eigenvalue weighted by Gasteiger charge is -1.99. The van der Waals surface area contributed by atoms with Crippen LogP contribution in [0.15, 0.2) is 29.2 Å². The number of anilines is 1. The fourth-order valence-electron chi connectivity index (χ4n) is 0.705. The largest absolute Gasteiger partial charge is 0.399 e. The van der Waals surface area contributed by atoms with Crippen LogP contribution in [-0.2, 0) is 10.8 Å². The first-order valence-electron chi connectivity index (χ1n) is 3.15. The molecule has 0 fully saturated rings. The maximum absolute atomic E-state index is 11.9. The van der Waals surface area contributed by atoms with Gasteiger partial charge in [0.05, 0.1) is 0 Å². The molecule has 2 N–H and O–H groups in total. The van der Waals surface area contributed by atoms with Gasteiger partial charge in [0.25, 0.3) is 0 Å². The Hall–Kier alpha value is -0.970. The van der Waals surface area contributed by atoms with E-state index in [0.29, 0.717) is 5.69 Å². The van der Waals surface area contributed by atoms with Crippen molar-refractivity contribution in [1.29, 1.82) is 0 Å². The highest BCUT2D eigenvalue weighted by Gasteiger charge is 2.14. The molecule has 0 aromatic heterocycles. The van der Waals surface area contributed by atoms with E-state index in [9.17, 15) is 13.0 Å².